The molecule has 1 amide bonds. The van der Waals surface area contributed by atoms with Crippen LogP contribution in [0.2, 0.25) is 0 Å². The molecule has 2 rings (SSSR count). The highest BCUT2D eigenvalue weighted by Gasteiger charge is 2.52. The molecule has 0 aromatic rings. The second-order valence-electron chi connectivity index (χ2n) is 3.43. The average Bonchev–Trinajstić information content (AvgIpc) is 2.24. The Morgan fingerprint density at radius 1 is 1.62 bits per heavy atom. The van der Waals surface area contributed by atoms with Crippen LogP contribution >= 0.6 is 0 Å². The number of ketones is 1. The van der Waals surface area contributed by atoms with Crippen LogP contribution in [-0.4, -0.2) is 39.7 Å². The standard InChI is InChI=1S/C8H6N4O4/c9-11-10-6-4-1-3(13)2-5(8(15)16)12(4)7(6)14/h2,4,6H,1H2,(H,15,16)/t4-,6-/m1/s1. The largest absolute Gasteiger partial charge is 0.477 e. The number of carboxylic acid groups (broad SMARTS) is 1. The lowest BCUT2D eigenvalue weighted by molar-refractivity contribution is -0.153. The van der Waals surface area contributed by atoms with Gasteiger partial charge >= 0.3 is 5.97 Å². The topological polar surface area (TPSA) is 123 Å². The van der Waals surface area contributed by atoms with Crippen LogP contribution in [-0.2, 0) is 14.4 Å². The summed E-state index contributed by atoms with van der Waals surface area (Å²) in [5, 5.41) is 12.0. The predicted molar refractivity (Wildman–Crippen MR) is 48.9 cm³/mol. The van der Waals surface area contributed by atoms with Crippen molar-refractivity contribution in [3.63, 3.8) is 0 Å². The molecule has 82 valence electrons. The van der Waals surface area contributed by atoms with E-state index < -0.39 is 24.0 Å². The van der Waals surface area contributed by atoms with E-state index in [0.29, 0.717) is 0 Å². The maximum atomic E-state index is 11.5. The van der Waals surface area contributed by atoms with Crippen LogP contribution in [0.1, 0.15) is 6.42 Å². The van der Waals surface area contributed by atoms with Crippen molar-refractivity contribution in [1.82, 2.24) is 4.90 Å². The third-order valence-corrected chi connectivity index (χ3v) is 2.55. The zero-order valence-electron chi connectivity index (χ0n) is 7.90. The average molecular weight is 222 g/mol. The molecule has 0 saturated carbocycles. The number of carboxylic acids is 1. The number of azide groups is 1. The Kier molecular flexibility index (Phi) is 2.13. The number of rotatable bonds is 2. The Labute approximate surface area is 88.8 Å². The second kappa shape index (κ2) is 3.35. The Bertz CT molecular complexity index is 476. The van der Waals surface area contributed by atoms with Crippen molar-refractivity contribution in [3.05, 3.63) is 22.2 Å². The lowest BCUT2D eigenvalue weighted by Crippen LogP contribution is -2.65. The summed E-state index contributed by atoms with van der Waals surface area (Å²) in [5.41, 5.74) is 7.87. The number of aliphatic carboxylic acids is 1. The summed E-state index contributed by atoms with van der Waals surface area (Å²) in [5.74, 6) is -2.31. The molecule has 2 aliphatic rings. The summed E-state index contributed by atoms with van der Waals surface area (Å²) in [4.78, 5) is 36.9. The van der Waals surface area contributed by atoms with Crippen LogP contribution in [0.25, 0.3) is 10.4 Å². The van der Waals surface area contributed by atoms with E-state index in [-0.39, 0.29) is 17.9 Å². The minimum Gasteiger partial charge on any atom is -0.477 e. The molecule has 16 heavy (non-hydrogen) atoms. The SMILES string of the molecule is [N-]=[N+]=N[C@H]1C(=O)N2C(C(=O)O)=CC(=O)C[C@H]12. The molecular weight excluding hydrogens is 216 g/mol. The van der Waals surface area contributed by atoms with E-state index in [1.807, 2.05) is 0 Å². The van der Waals surface area contributed by atoms with E-state index in [4.69, 9.17) is 10.6 Å². The number of hydrogen-bond donors (Lipinski definition) is 1. The zero-order chi connectivity index (χ0) is 11.9. The molecule has 2 heterocycles. The molecule has 2 aliphatic heterocycles. The normalized spacial score (nSPS) is 27.5. The van der Waals surface area contributed by atoms with Crippen molar-refractivity contribution in [3.8, 4) is 0 Å². The first-order valence-corrected chi connectivity index (χ1v) is 4.41. The quantitative estimate of drug-likeness (QED) is 0.301. The van der Waals surface area contributed by atoms with Gasteiger partial charge in [-0.3, -0.25) is 9.59 Å². The van der Waals surface area contributed by atoms with Gasteiger partial charge < -0.3 is 10.0 Å². The van der Waals surface area contributed by atoms with E-state index in [9.17, 15) is 14.4 Å². The second-order valence-corrected chi connectivity index (χ2v) is 3.43. The fourth-order valence-corrected chi connectivity index (χ4v) is 1.86. The van der Waals surface area contributed by atoms with Gasteiger partial charge in [-0.2, -0.15) is 0 Å². The minimum absolute atomic E-state index is 0.00773. The summed E-state index contributed by atoms with van der Waals surface area (Å²) in [7, 11) is 0. The third kappa shape index (κ3) is 1.24. The summed E-state index contributed by atoms with van der Waals surface area (Å²) in [6.45, 7) is 0. The number of amides is 1. The molecule has 1 fully saturated rings. The van der Waals surface area contributed by atoms with Crippen molar-refractivity contribution < 1.29 is 19.5 Å². The summed E-state index contributed by atoms with van der Waals surface area (Å²) in [6.07, 6.45) is 0.912. The Morgan fingerprint density at radius 3 is 2.88 bits per heavy atom. The molecule has 1 saturated heterocycles. The Balaban J connectivity index is 2.35. The third-order valence-electron chi connectivity index (χ3n) is 2.55. The van der Waals surface area contributed by atoms with Gasteiger partial charge in [-0.05, 0) is 5.53 Å². The van der Waals surface area contributed by atoms with Crippen LogP contribution in [0, 0.1) is 0 Å². The summed E-state index contributed by atoms with van der Waals surface area (Å²) >= 11 is 0. The first kappa shape index (κ1) is 10.2. The van der Waals surface area contributed by atoms with Gasteiger partial charge in [0, 0.05) is 17.4 Å². The maximum Gasteiger partial charge on any atom is 0.352 e. The molecule has 0 bridgehead atoms. The van der Waals surface area contributed by atoms with Gasteiger partial charge in [-0.15, -0.1) is 0 Å². The highest BCUT2D eigenvalue weighted by Crippen LogP contribution is 2.33. The Hall–Kier alpha value is -2.34. The molecule has 0 aromatic heterocycles. The van der Waals surface area contributed by atoms with Gasteiger partial charge in [-0.25, -0.2) is 4.79 Å². The van der Waals surface area contributed by atoms with E-state index in [1.165, 1.54) is 0 Å². The van der Waals surface area contributed by atoms with Gasteiger partial charge in [0.1, 0.15) is 11.7 Å². The number of β-lactam (4-membered cyclic amide) rings is 1. The van der Waals surface area contributed by atoms with Crippen LogP contribution < -0.4 is 0 Å². The lowest BCUT2D eigenvalue weighted by Gasteiger charge is -2.46. The molecule has 2 atom stereocenters. The van der Waals surface area contributed by atoms with Gasteiger partial charge in [0.2, 0.25) is 5.91 Å². The number of nitrogens with zero attached hydrogens (tertiary/aromatic N) is 4. The van der Waals surface area contributed by atoms with Crippen molar-refractivity contribution in [2.24, 2.45) is 5.11 Å². The van der Waals surface area contributed by atoms with Crippen molar-refractivity contribution in [2.75, 3.05) is 0 Å². The maximum absolute atomic E-state index is 11.5. The number of carbonyl (C=O) groups excluding carboxylic acids is 2. The van der Waals surface area contributed by atoms with Crippen LogP contribution in [0.4, 0.5) is 0 Å². The van der Waals surface area contributed by atoms with Crippen molar-refractivity contribution in [1.29, 1.82) is 0 Å². The highest BCUT2D eigenvalue weighted by atomic mass is 16.4. The summed E-state index contributed by atoms with van der Waals surface area (Å²) < 4.78 is 0. The number of fused-ring (bicyclic) bond motifs is 1. The molecule has 8 heteroatoms. The monoisotopic (exact) mass is 222 g/mol. The fraction of sp³-hybridized carbons (Fsp3) is 0.375. The molecule has 0 unspecified atom stereocenters. The molecule has 1 N–H and O–H groups in total. The van der Waals surface area contributed by atoms with Crippen LogP contribution in [0.15, 0.2) is 16.9 Å². The Morgan fingerprint density at radius 2 is 2.31 bits per heavy atom. The number of allylic oxidation sites excluding steroid dienone is 1. The van der Waals surface area contributed by atoms with E-state index in [1.54, 1.807) is 0 Å². The zero-order valence-corrected chi connectivity index (χ0v) is 7.90. The van der Waals surface area contributed by atoms with Gasteiger partial charge in [-0.1, -0.05) is 5.11 Å². The molecule has 8 nitrogen and oxygen atoms in total. The predicted octanol–water partition coefficient (Wildman–Crippen LogP) is -0.183. The van der Waals surface area contributed by atoms with Gasteiger partial charge in [0.05, 0.1) is 6.04 Å². The highest BCUT2D eigenvalue weighted by molar-refractivity contribution is 6.07. The number of carbonyl (C=O) groups is 3. The van der Waals surface area contributed by atoms with E-state index >= 15 is 0 Å². The lowest BCUT2D eigenvalue weighted by atomic mass is 9.87. The van der Waals surface area contributed by atoms with E-state index in [0.717, 1.165) is 11.0 Å². The minimum atomic E-state index is -1.34. The molecule has 0 aliphatic carbocycles. The van der Waals surface area contributed by atoms with Gasteiger partial charge in [0.25, 0.3) is 0 Å². The van der Waals surface area contributed by atoms with Crippen LogP contribution in [0.5, 0.6) is 0 Å². The molecule has 0 radical (unpaired) electrons. The molecular formula is C8H6N4O4. The van der Waals surface area contributed by atoms with Gasteiger partial charge in [0.15, 0.2) is 5.78 Å². The smallest absolute Gasteiger partial charge is 0.352 e. The van der Waals surface area contributed by atoms with Crippen molar-refractivity contribution in [2.45, 2.75) is 18.5 Å². The van der Waals surface area contributed by atoms with Crippen molar-refractivity contribution >= 4 is 17.7 Å². The van der Waals surface area contributed by atoms with E-state index in [2.05, 4.69) is 10.0 Å². The summed E-state index contributed by atoms with van der Waals surface area (Å²) in [6, 6.07) is -1.61. The first-order valence-electron chi connectivity index (χ1n) is 4.41. The molecule has 0 spiro atoms. The fourth-order valence-electron chi connectivity index (χ4n) is 1.86. The molecule has 0 aromatic carbocycles. The number of hydrogen-bond acceptors (Lipinski definition) is 4. The first-order chi connectivity index (χ1) is 7.56. The van der Waals surface area contributed by atoms with Crippen LogP contribution in [0.3, 0.4) is 0 Å².